The highest BCUT2D eigenvalue weighted by Crippen LogP contribution is 2.38. The Labute approximate surface area is 126 Å². The lowest BCUT2D eigenvalue weighted by Gasteiger charge is -2.31. The van der Waals surface area contributed by atoms with Crippen LogP contribution in [0.3, 0.4) is 0 Å². The molecule has 2 unspecified atom stereocenters. The first-order chi connectivity index (χ1) is 10.4. The van der Waals surface area contributed by atoms with E-state index in [-0.39, 0.29) is 6.04 Å². The number of aryl methyl sites for hydroxylation is 1. The number of nitrogens with zero attached hydrogens (tertiary/aromatic N) is 3. The summed E-state index contributed by atoms with van der Waals surface area (Å²) in [6.45, 7) is 3.17. The zero-order chi connectivity index (χ0) is 14.5. The van der Waals surface area contributed by atoms with Crippen LogP contribution in [-0.2, 0) is 6.42 Å². The summed E-state index contributed by atoms with van der Waals surface area (Å²) in [5.74, 6) is 0.387. The molecule has 1 N–H and O–H groups in total. The zero-order valence-corrected chi connectivity index (χ0v) is 12.5. The van der Waals surface area contributed by atoms with Crippen LogP contribution in [0.25, 0.3) is 0 Å². The second-order valence-electron chi connectivity index (χ2n) is 5.61. The van der Waals surface area contributed by atoms with Gasteiger partial charge in [0.15, 0.2) is 0 Å². The molecule has 1 aliphatic rings. The first-order valence-electron chi connectivity index (χ1n) is 7.83. The molecule has 2 atom stereocenters. The van der Waals surface area contributed by atoms with Crippen LogP contribution < -0.4 is 5.32 Å². The Morgan fingerprint density at radius 1 is 1.29 bits per heavy atom. The SMILES string of the molecule is CCCNC(c1cnccn1)C1CCCc2cccnc21. The van der Waals surface area contributed by atoms with Crippen LogP contribution in [0.1, 0.15) is 55.1 Å². The first kappa shape index (κ1) is 14.1. The fourth-order valence-electron chi connectivity index (χ4n) is 3.19. The zero-order valence-electron chi connectivity index (χ0n) is 12.5. The third-order valence-corrected chi connectivity index (χ3v) is 4.16. The lowest BCUT2D eigenvalue weighted by Crippen LogP contribution is -2.31. The van der Waals surface area contributed by atoms with Crippen LogP contribution in [0.15, 0.2) is 36.9 Å². The summed E-state index contributed by atoms with van der Waals surface area (Å²) >= 11 is 0. The molecular weight excluding hydrogens is 260 g/mol. The third-order valence-electron chi connectivity index (χ3n) is 4.16. The van der Waals surface area contributed by atoms with Crippen molar-refractivity contribution in [2.75, 3.05) is 6.54 Å². The van der Waals surface area contributed by atoms with Gasteiger partial charge in [-0.25, -0.2) is 0 Å². The molecule has 0 amide bonds. The highest BCUT2D eigenvalue weighted by molar-refractivity contribution is 5.29. The van der Waals surface area contributed by atoms with Crippen molar-refractivity contribution in [3.63, 3.8) is 0 Å². The molecular formula is C17H22N4. The van der Waals surface area contributed by atoms with Gasteiger partial charge in [-0.05, 0) is 43.9 Å². The number of fused-ring (bicyclic) bond motifs is 1. The Morgan fingerprint density at radius 3 is 3.05 bits per heavy atom. The molecule has 3 rings (SSSR count). The van der Waals surface area contributed by atoms with Gasteiger partial charge in [-0.2, -0.15) is 0 Å². The molecule has 4 nitrogen and oxygen atoms in total. The maximum atomic E-state index is 4.67. The number of pyridine rings is 1. The summed E-state index contributed by atoms with van der Waals surface area (Å²) in [6.07, 6.45) is 11.9. The van der Waals surface area contributed by atoms with Gasteiger partial charge in [0.05, 0.1) is 11.7 Å². The summed E-state index contributed by atoms with van der Waals surface area (Å²) in [6, 6.07) is 4.45. The fourth-order valence-corrected chi connectivity index (χ4v) is 3.19. The van der Waals surface area contributed by atoms with Crippen molar-refractivity contribution < 1.29 is 0 Å². The molecule has 0 aliphatic heterocycles. The van der Waals surface area contributed by atoms with Crippen molar-refractivity contribution in [1.82, 2.24) is 20.3 Å². The summed E-state index contributed by atoms with van der Waals surface area (Å²) in [5, 5.41) is 3.65. The van der Waals surface area contributed by atoms with Gasteiger partial charge in [0.25, 0.3) is 0 Å². The largest absolute Gasteiger partial charge is 0.308 e. The Hall–Kier alpha value is -1.81. The van der Waals surface area contributed by atoms with Crippen molar-refractivity contribution in [3.05, 3.63) is 53.9 Å². The van der Waals surface area contributed by atoms with Crippen LogP contribution in [0.5, 0.6) is 0 Å². The van der Waals surface area contributed by atoms with Crippen molar-refractivity contribution in [2.45, 2.75) is 44.6 Å². The van der Waals surface area contributed by atoms with Crippen molar-refractivity contribution >= 4 is 0 Å². The molecule has 0 saturated carbocycles. The van der Waals surface area contributed by atoms with E-state index in [1.165, 1.54) is 17.7 Å². The Balaban J connectivity index is 1.94. The van der Waals surface area contributed by atoms with E-state index < -0.39 is 0 Å². The summed E-state index contributed by atoms with van der Waals surface area (Å²) in [7, 11) is 0. The van der Waals surface area contributed by atoms with Crippen molar-refractivity contribution in [3.8, 4) is 0 Å². The number of rotatable bonds is 5. The standard InChI is InChI=1S/C17H22N4/c1-2-8-20-17(15-12-18-10-11-19-15)14-7-3-5-13-6-4-9-21-16(13)14/h4,6,9-12,14,17,20H,2-3,5,7-8H2,1H3. The second-order valence-corrected chi connectivity index (χ2v) is 5.61. The average molecular weight is 282 g/mol. The molecule has 0 aromatic carbocycles. The van der Waals surface area contributed by atoms with Gasteiger partial charge < -0.3 is 5.32 Å². The minimum absolute atomic E-state index is 0.201. The molecule has 1 aliphatic carbocycles. The molecule has 2 aromatic rings. The quantitative estimate of drug-likeness (QED) is 0.916. The van der Waals surface area contributed by atoms with Crippen LogP contribution in [0.2, 0.25) is 0 Å². The van der Waals surface area contributed by atoms with E-state index in [4.69, 9.17) is 0 Å². The van der Waals surface area contributed by atoms with Gasteiger partial charge in [-0.1, -0.05) is 13.0 Å². The van der Waals surface area contributed by atoms with E-state index in [1.807, 2.05) is 18.5 Å². The number of aromatic nitrogens is 3. The molecule has 110 valence electrons. The van der Waals surface area contributed by atoms with Crippen LogP contribution in [0.4, 0.5) is 0 Å². The topological polar surface area (TPSA) is 50.7 Å². The van der Waals surface area contributed by atoms with Gasteiger partial charge in [0.2, 0.25) is 0 Å². The molecule has 0 spiro atoms. The predicted molar refractivity (Wildman–Crippen MR) is 83.0 cm³/mol. The van der Waals surface area contributed by atoms with Gasteiger partial charge in [0.1, 0.15) is 0 Å². The van der Waals surface area contributed by atoms with Crippen LogP contribution in [-0.4, -0.2) is 21.5 Å². The van der Waals surface area contributed by atoms with E-state index in [0.29, 0.717) is 5.92 Å². The molecule has 0 radical (unpaired) electrons. The molecule has 0 fully saturated rings. The Kier molecular flexibility index (Phi) is 4.55. The molecule has 0 bridgehead atoms. The summed E-state index contributed by atoms with van der Waals surface area (Å²) in [4.78, 5) is 13.4. The lowest BCUT2D eigenvalue weighted by atomic mass is 9.81. The molecule has 4 heteroatoms. The van der Waals surface area contributed by atoms with E-state index in [0.717, 1.165) is 31.5 Å². The van der Waals surface area contributed by atoms with Crippen LogP contribution >= 0.6 is 0 Å². The first-order valence-corrected chi connectivity index (χ1v) is 7.83. The third kappa shape index (κ3) is 3.10. The van der Waals surface area contributed by atoms with E-state index >= 15 is 0 Å². The number of hydrogen-bond donors (Lipinski definition) is 1. The number of hydrogen-bond acceptors (Lipinski definition) is 4. The highest BCUT2D eigenvalue weighted by atomic mass is 15.0. The minimum Gasteiger partial charge on any atom is -0.308 e. The van der Waals surface area contributed by atoms with E-state index in [9.17, 15) is 0 Å². The van der Waals surface area contributed by atoms with Gasteiger partial charge in [-0.15, -0.1) is 0 Å². The van der Waals surface area contributed by atoms with E-state index in [1.54, 1.807) is 12.4 Å². The highest BCUT2D eigenvalue weighted by Gasteiger charge is 2.30. The fraction of sp³-hybridized carbons (Fsp3) is 0.471. The minimum atomic E-state index is 0.201. The summed E-state index contributed by atoms with van der Waals surface area (Å²) < 4.78 is 0. The van der Waals surface area contributed by atoms with E-state index in [2.05, 4.69) is 33.3 Å². The maximum absolute atomic E-state index is 4.67. The lowest BCUT2D eigenvalue weighted by molar-refractivity contribution is 0.386. The molecule has 21 heavy (non-hydrogen) atoms. The van der Waals surface area contributed by atoms with Gasteiger partial charge in [0, 0.05) is 36.4 Å². The second kappa shape index (κ2) is 6.76. The maximum Gasteiger partial charge on any atom is 0.0762 e. The van der Waals surface area contributed by atoms with Gasteiger partial charge in [-0.3, -0.25) is 15.0 Å². The molecule has 0 saturated heterocycles. The summed E-state index contributed by atoms with van der Waals surface area (Å²) in [5.41, 5.74) is 3.65. The average Bonchev–Trinajstić information content (AvgIpc) is 2.56. The monoisotopic (exact) mass is 282 g/mol. The van der Waals surface area contributed by atoms with Gasteiger partial charge >= 0.3 is 0 Å². The number of nitrogens with one attached hydrogen (secondary N) is 1. The normalized spacial score (nSPS) is 19.0. The van der Waals surface area contributed by atoms with Crippen molar-refractivity contribution in [2.24, 2.45) is 0 Å². The predicted octanol–water partition coefficient (Wildman–Crippen LogP) is 3.03. The van der Waals surface area contributed by atoms with Crippen LogP contribution in [0, 0.1) is 0 Å². The Bertz CT molecular complexity index is 570. The smallest absolute Gasteiger partial charge is 0.0762 e. The Morgan fingerprint density at radius 2 is 2.24 bits per heavy atom. The molecule has 2 heterocycles. The van der Waals surface area contributed by atoms with Crippen molar-refractivity contribution in [1.29, 1.82) is 0 Å². The molecule has 2 aromatic heterocycles.